The van der Waals surface area contributed by atoms with Gasteiger partial charge in [0.15, 0.2) is 9.84 Å². The average Bonchev–Trinajstić information content (AvgIpc) is 2.75. The maximum absolute atomic E-state index is 12.6. The van der Waals surface area contributed by atoms with Crippen LogP contribution in [0.4, 0.5) is 5.69 Å². The van der Waals surface area contributed by atoms with Crippen LogP contribution in [0.25, 0.3) is 0 Å². The molecule has 1 heterocycles. The molecule has 21 heavy (non-hydrogen) atoms. The number of nitrogen functional groups attached to an aromatic ring is 1. The largest absolute Gasteiger partial charge is 0.399 e. The fourth-order valence-electron chi connectivity index (χ4n) is 2.41. The van der Waals surface area contributed by atoms with Gasteiger partial charge >= 0.3 is 0 Å². The third kappa shape index (κ3) is 3.54. The zero-order chi connectivity index (χ0) is 15.7. The quantitative estimate of drug-likeness (QED) is 0.697. The smallest absolute Gasteiger partial charge is 0.243 e. The van der Waals surface area contributed by atoms with Gasteiger partial charge in [-0.05, 0) is 24.6 Å². The molecule has 0 saturated carbocycles. The van der Waals surface area contributed by atoms with E-state index in [9.17, 15) is 16.8 Å². The van der Waals surface area contributed by atoms with Gasteiger partial charge in [0.25, 0.3) is 0 Å². The first-order valence-corrected chi connectivity index (χ1v) is 9.71. The van der Waals surface area contributed by atoms with Crippen molar-refractivity contribution in [1.29, 1.82) is 0 Å². The van der Waals surface area contributed by atoms with E-state index in [1.54, 1.807) is 6.07 Å². The summed E-state index contributed by atoms with van der Waals surface area (Å²) in [6, 6.07) is 5.16. The normalized spacial score (nSPS) is 21.7. The molecule has 0 aromatic heterocycles. The Morgan fingerprint density at radius 2 is 2.10 bits per heavy atom. The van der Waals surface area contributed by atoms with Gasteiger partial charge in [-0.3, -0.25) is 0 Å². The number of anilines is 1. The third-order valence-corrected chi connectivity index (χ3v) is 7.10. The third-order valence-electron chi connectivity index (χ3n) is 3.40. The van der Waals surface area contributed by atoms with Gasteiger partial charge in [-0.2, -0.15) is 4.31 Å². The Labute approximate surface area is 124 Å². The highest BCUT2D eigenvalue weighted by Crippen LogP contribution is 2.25. The summed E-state index contributed by atoms with van der Waals surface area (Å²) in [6.45, 7) is -0.518. The molecular weight excluding hydrogens is 316 g/mol. The molecule has 1 unspecified atom stereocenters. The molecule has 1 aromatic carbocycles. The maximum Gasteiger partial charge on any atom is 0.243 e. The predicted molar refractivity (Wildman–Crippen MR) is 78.9 cm³/mol. The monoisotopic (exact) mass is 334 g/mol. The first-order valence-electron chi connectivity index (χ1n) is 6.45. The second kappa shape index (κ2) is 5.91. The van der Waals surface area contributed by atoms with E-state index in [0.29, 0.717) is 5.69 Å². The van der Waals surface area contributed by atoms with E-state index in [4.69, 9.17) is 10.8 Å². The second-order valence-electron chi connectivity index (χ2n) is 4.97. The molecule has 118 valence electrons. The van der Waals surface area contributed by atoms with E-state index < -0.39 is 25.9 Å². The number of benzene rings is 1. The number of hydrogen-bond acceptors (Lipinski definition) is 6. The molecular formula is C12H18N2O5S2. The number of nitrogens with two attached hydrogens (primary N) is 1. The molecule has 1 aliphatic heterocycles. The topological polar surface area (TPSA) is 118 Å². The molecule has 1 saturated heterocycles. The summed E-state index contributed by atoms with van der Waals surface area (Å²) >= 11 is 0. The Balaban J connectivity index is 2.37. The van der Waals surface area contributed by atoms with Crippen LogP contribution in [0, 0.1) is 0 Å². The standard InChI is InChI=1S/C12H18N2O5S2/c13-10-2-1-3-12(8-10)21(18,19)14(5-6-15)11-4-7-20(16,17)9-11/h1-3,8,11,15H,4-7,9,13H2. The first-order chi connectivity index (χ1) is 9.76. The summed E-state index contributed by atoms with van der Waals surface area (Å²) < 4.78 is 49.5. The lowest BCUT2D eigenvalue weighted by atomic mass is 10.3. The van der Waals surface area contributed by atoms with Crippen LogP contribution in [0.2, 0.25) is 0 Å². The lowest BCUT2D eigenvalue weighted by Gasteiger charge is -2.26. The van der Waals surface area contributed by atoms with Gasteiger partial charge < -0.3 is 10.8 Å². The number of aliphatic hydroxyl groups excluding tert-OH is 1. The molecule has 1 fully saturated rings. The van der Waals surface area contributed by atoms with Crippen molar-refractivity contribution in [3.05, 3.63) is 24.3 Å². The summed E-state index contributed by atoms with van der Waals surface area (Å²) in [4.78, 5) is 0.000230. The molecule has 1 aromatic rings. The molecule has 0 aliphatic carbocycles. The van der Waals surface area contributed by atoms with E-state index in [1.165, 1.54) is 18.2 Å². The SMILES string of the molecule is Nc1cccc(S(=O)(=O)N(CCO)C2CCS(=O)(=O)C2)c1. The van der Waals surface area contributed by atoms with E-state index in [0.717, 1.165) is 4.31 Å². The summed E-state index contributed by atoms with van der Waals surface area (Å²) in [5.41, 5.74) is 5.90. The Bertz CT molecular complexity index is 715. The Morgan fingerprint density at radius 3 is 2.62 bits per heavy atom. The summed E-state index contributed by atoms with van der Waals surface area (Å²) in [7, 11) is -7.11. The molecule has 0 spiro atoms. The molecule has 3 N–H and O–H groups in total. The van der Waals surface area contributed by atoms with Crippen LogP contribution in [0.5, 0.6) is 0 Å². The Morgan fingerprint density at radius 1 is 1.38 bits per heavy atom. The number of aliphatic hydroxyl groups is 1. The Kier molecular flexibility index (Phi) is 4.57. The number of rotatable bonds is 5. The lowest BCUT2D eigenvalue weighted by molar-refractivity contribution is 0.232. The van der Waals surface area contributed by atoms with Gasteiger partial charge in [0.2, 0.25) is 10.0 Å². The van der Waals surface area contributed by atoms with Crippen molar-refractivity contribution in [2.24, 2.45) is 0 Å². The van der Waals surface area contributed by atoms with Crippen molar-refractivity contribution in [2.45, 2.75) is 17.4 Å². The highest BCUT2D eigenvalue weighted by Gasteiger charge is 2.38. The van der Waals surface area contributed by atoms with Gasteiger partial charge in [0, 0.05) is 18.3 Å². The van der Waals surface area contributed by atoms with Crippen molar-refractivity contribution >= 4 is 25.5 Å². The number of sulfonamides is 1. The van der Waals surface area contributed by atoms with Crippen LogP contribution >= 0.6 is 0 Å². The number of nitrogens with zero attached hydrogens (tertiary/aromatic N) is 1. The predicted octanol–water partition coefficient (Wildman–Crippen LogP) is -0.561. The minimum atomic E-state index is -3.89. The van der Waals surface area contributed by atoms with Crippen molar-refractivity contribution < 1.29 is 21.9 Å². The molecule has 0 radical (unpaired) electrons. The van der Waals surface area contributed by atoms with Gasteiger partial charge in [0.1, 0.15) is 0 Å². The molecule has 0 amide bonds. The van der Waals surface area contributed by atoms with E-state index >= 15 is 0 Å². The summed E-state index contributed by atoms with van der Waals surface area (Å²) in [5.74, 6) is -0.249. The van der Waals surface area contributed by atoms with Crippen LogP contribution in [-0.2, 0) is 19.9 Å². The van der Waals surface area contributed by atoms with Crippen LogP contribution < -0.4 is 5.73 Å². The number of sulfone groups is 1. The fraction of sp³-hybridized carbons (Fsp3) is 0.500. The highest BCUT2D eigenvalue weighted by molar-refractivity contribution is 7.92. The molecule has 9 heteroatoms. The Hall–Kier alpha value is -1.16. The van der Waals surface area contributed by atoms with Gasteiger partial charge in [-0.1, -0.05) is 6.07 Å². The van der Waals surface area contributed by atoms with Crippen molar-refractivity contribution in [1.82, 2.24) is 4.31 Å². The fourth-order valence-corrected chi connectivity index (χ4v) is 5.94. The second-order valence-corrected chi connectivity index (χ2v) is 9.09. The van der Waals surface area contributed by atoms with E-state index in [2.05, 4.69) is 0 Å². The zero-order valence-corrected chi connectivity index (χ0v) is 13.0. The molecule has 7 nitrogen and oxygen atoms in total. The molecule has 2 rings (SSSR count). The summed E-state index contributed by atoms with van der Waals surface area (Å²) in [5, 5.41) is 9.11. The first kappa shape index (κ1) is 16.2. The van der Waals surface area contributed by atoms with Gasteiger partial charge in [-0.25, -0.2) is 16.8 Å². The zero-order valence-electron chi connectivity index (χ0n) is 11.3. The minimum Gasteiger partial charge on any atom is -0.399 e. The number of hydrogen-bond donors (Lipinski definition) is 2. The highest BCUT2D eigenvalue weighted by atomic mass is 32.2. The van der Waals surface area contributed by atoms with Crippen molar-refractivity contribution in [2.75, 3.05) is 30.4 Å². The lowest BCUT2D eigenvalue weighted by Crippen LogP contribution is -2.42. The minimum absolute atomic E-state index is 0.000230. The summed E-state index contributed by atoms with van der Waals surface area (Å²) in [6.07, 6.45) is 0.240. The van der Waals surface area contributed by atoms with Crippen molar-refractivity contribution in [3.63, 3.8) is 0 Å². The van der Waals surface area contributed by atoms with Crippen LogP contribution in [0.3, 0.4) is 0 Å². The van der Waals surface area contributed by atoms with Crippen LogP contribution in [0.15, 0.2) is 29.2 Å². The van der Waals surface area contributed by atoms with Crippen LogP contribution in [-0.4, -0.2) is 56.9 Å². The van der Waals surface area contributed by atoms with Crippen molar-refractivity contribution in [3.8, 4) is 0 Å². The molecule has 0 bridgehead atoms. The van der Waals surface area contributed by atoms with E-state index in [1.807, 2.05) is 0 Å². The van der Waals surface area contributed by atoms with E-state index in [-0.39, 0.29) is 36.0 Å². The molecule has 1 aliphatic rings. The average molecular weight is 334 g/mol. The van der Waals surface area contributed by atoms with Gasteiger partial charge in [-0.15, -0.1) is 0 Å². The maximum atomic E-state index is 12.6. The van der Waals surface area contributed by atoms with Crippen LogP contribution in [0.1, 0.15) is 6.42 Å². The van der Waals surface area contributed by atoms with Gasteiger partial charge in [0.05, 0.1) is 23.0 Å². The molecule has 1 atom stereocenters.